The summed E-state index contributed by atoms with van der Waals surface area (Å²) in [6.07, 6.45) is 7.56. The third kappa shape index (κ3) is 9.58. The van der Waals surface area contributed by atoms with Gasteiger partial charge in [0.25, 0.3) is 0 Å². The fourth-order valence-corrected chi connectivity index (χ4v) is 4.21. The Morgan fingerprint density at radius 3 is 2.52 bits per heavy atom. The average Bonchev–Trinajstić information content (AvgIpc) is 2.55. The van der Waals surface area contributed by atoms with Gasteiger partial charge in [-0.3, -0.25) is 9.89 Å². The van der Waals surface area contributed by atoms with Crippen molar-refractivity contribution in [2.45, 2.75) is 45.1 Å². The summed E-state index contributed by atoms with van der Waals surface area (Å²) in [5.74, 6) is 1.27. The maximum absolute atomic E-state index is 12.1. The fourth-order valence-electron chi connectivity index (χ4n) is 3.25. The van der Waals surface area contributed by atoms with Gasteiger partial charge in [-0.25, -0.2) is 13.1 Å². The van der Waals surface area contributed by atoms with Crippen LogP contribution in [0.4, 0.5) is 0 Å². The number of piperidine rings is 1. The van der Waals surface area contributed by atoms with Crippen LogP contribution in [0.2, 0.25) is 0 Å². The molecule has 9 heteroatoms. The Kier molecular flexibility index (Phi) is 11.8. The summed E-state index contributed by atoms with van der Waals surface area (Å²) in [6, 6.07) is 0.377. The molecule has 158 valence electrons. The summed E-state index contributed by atoms with van der Waals surface area (Å²) in [7, 11) is -3.24. The van der Waals surface area contributed by atoms with E-state index in [2.05, 4.69) is 31.8 Å². The van der Waals surface area contributed by atoms with E-state index in [9.17, 15) is 8.42 Å². The van der Waals surface area contributed by atoms with E-state index in [0.29, 0.717) is 24.5 Å². The molecule has 1 saturated carbocycles. The Morgan fingerprint density at radius 1 is 1.26 bits per heavy atom. The van der Waals surface area contributed by atoms with Crippen molar-refractivity contribution in [2.75, 3.05) is 45.0 Å². The Morgan fingerprint density at radius 2 is 1.96 bits per heavy atom. The SMILES string of the molecule is C=CCN1CCC(NC(=NCCS(=O)(=O)NCC2CCC2)NCC)CC1.I. The molecular formula is C18H36IN5O2S. The lowest BCUT2D eigenvalue weighted by Crippen LogP contribution is -2.48. The first-order valence-electron chi connectivity index (χ1n) is 9.88. The van der Waals surface area contributed by atoms with E-state index in [1.807, 2.05) is 13.0 Å². The van der Waals surface area contributed by atoms with Crippen molar-refractivity contribution in [2.24, 2.45) is 10.9 Å². The van der Waals surface area contributed by atoms with Crippen LogP contribution in [-0.2, 0) is 10.0 Å². The Bertz CT molecular complexity index is 558. The number of hydrogen-bond acceptors (Lipinski definition) is 4. The summed E-state index contributed by atoms with van der Waals surface area (Å²) < 4.78 is 26.8. The lowest BCUT2D eigenvalue weighted by atomic mass is 9.86. The molecule has 1 aliphatic carbocycles. The van der Waals surface area contributed by atoms with Gasteiger partial charge in [0.2, 0.25) is 10.0 Å². The maximum atomic E-state index is 12.1. The van der Waals surface area contributed by atoms with E-state index >= 15 is 0 Å². The molecule has 0 aromatic heterocycles. The molecule has 2 rings (SSSR count). The smallest absolute Gasteiger partial charge is 0.213 e. The number of sulfonamides is 1. The zero-order valence-electron chi connectivity index (χ0n) is 16.5. The quantitative estimate of drug-likeness (QED) is 0.179. The summed E-state index contributed by atoms with van der Waals surface area (Å²) in [5.41, 5.74) is 0. The second kappa shape index (κ2) is 12.9. The van der Waals surface area contributed by atoms with Crippen molar-refractivity contribution >= 4 is 40.0 Å². The second-order valence-electron chi connectivity index (χ2n) is 7.23. The number of hydrogen-bond donors (Lipinski definition) is 3. The van der Waals surface area contributed by atoms with Crippen molar-refractivity contribution in [3.63, 3.8) is 0 Å². The van der Waals surface area contributed by atoms with Crippen LogP contribution in [0.1, 0.15) is 39.0 Å². The molecule has 0 amide bonds. The molecule has 1 aliphatic heterocycles. The van der Waals surface area contributed by atoms with Crippen LogP contribution in [-0.4, -0.2) is 70.3 Å². The zero-order chi connectivity index (χ0) is 18.8. The molecule has 7 nitrogen and oxygen atoms in total. The van der Waals surface area contributed by atoms with E-state index in [4.69, 9.17) is 0 Å². The van der Waals surface area contributed by atoms with Crippen LogP contribution < -0.4 is 15.4 Å². The highest BCUT2D eigenvalue weighted by Crippen LogP contribution is 2.25. The highest BCUT2D eigenvalue weighted by atomic mass is 127. The molecule has 27 heavy (non-hydrogen) atoms. The average molecular weight is 513 g/mol. The molecule has 0 bridgehead atoms. The predicted molar refractivity (Wildman–Crippen MR) is 123 cm³/mol. The van der Waals surface area contributed by atoms with Gasteiger partial charge in [-0.2, -0.15) is 0 Å². The summed E-state index contributed by atoms with van der Waals surface area (Å²) >= 11 is 0. The molecule has 2 fully saturated rings. The van der Waals surface area contributed by atoms with Gasteiger partial charge < -0.3 is 10.6 Å². The van der Waals surface area contributed by atoms with Crippen LogP contribution >= 0.6 is 24.0 Å². The van der Waals surface area contributed by atoms with Gasteiger partial charge in [-0.1, -0.05) is 12.5 Å². The van der Waals surface area contributed by atoms with Crippen LogP contribution in [0.15, 0.2) is 17.6 Å². The fraction of sp³-hybridized carbons (Fsp3) is 0.833. The minimum atomic E-state index is -3.24. The summed E-state index contributed by atoms with van der Waals surface area (Å²) in [4.78, 5) is 6.84. The van der Waals surface area contributed by atoms with Gasteiger partial charge in [0.15, 0.2) is 5.96 Å². The van der Waals surface area contributed by atoms with E-state index in [1.165, 1.54) is 6.42 Å². The topological polar surface area (TPSA) is 85.8 Å². The van der Waals surface area contributed by atoms with Crippen molar-refractivity contribution in [1.82, 2.24) is 20.3 Å². The molecule has 0 radical (unpaired) electrons. The van der Waals surface area contributed by atoms with Gasteiger partial charge >= 0.3 is 0 Å². The van der Waals surface area contributed by atoms with Crippen LogP contribution in [0.25, 0.3) is 0 Å². The number of guanidine groups is 1. The molecular weight excluding hydrogens is 477 g/mol. The molecule has 2 aliphatic rings. The van der Waals surface area contributed by atoms with E-state index < -0.39 is 10.0 Å². The van der Waals surface area contributed by atoms with Crippen molar-refractivity contribution < 1.29 is 8.42 Å². The van der Waals surface area contributed by atoms with Gasteiger partial charge in [0.1, 0.15) is 0 Å². The number of rotatable bonds is 10. The van der Waals surface area contributed by atoms with Crippen LogP contribution in [0.5, 0.6) is 0 Å². The standard InChI is InChI=1S/C18H35N5O2S.HI/c1-3-11-23-12-8-17(9-13-23)22-18(19-4-2)20-10-14-26(24,25)21-15-16-6-5-7-16;/h3,16-17,21H,1,4-15H2,2H3,(H2,19,20,22);1H. The molecule has 1 saturated heterocycles. The third-order valence-electron chi connectivity index (χ3n) is 5.11. The van der Waals surface area contributed by atoms with Gasteiger partial charge in [0, 0.05) is 38.8 Å². The number of aliphatic imine (C=N–C) groups is 1. The number of nitrogens with one attached hydrogen (secondary N) is 3. The molecule has 0 aromatic rings. The van der Waals surface area contributed by atoms with Crippen molar-refractivity contribution in [3.05, 3.63) is 12.7 Å². The molecule has 1 heterocycles. The highest BCUT2D eigenvalue weighted by molar-refractivity contribution is 14.0. The molecule has 0 unspecified atom stereocenters. The van der Waals surface area contributed by atoms with E-state index in [0.717, 1.165) is 51.9 Å². The van der Waals surface area contributed by atoms with Gasteiger partial charge in [0.05, 0.1) is 12.3 Å². The molecule has 0 aromatic carbocycles. The van der Waals surface area contributed by atoms with Crippen molar-refractivity contribution in [1.29, 1.82) is 0 Å². The Labute approximate surface area is 181 Å². The Balaban J connectivity index is 0.00000364. The van der Waals surface area contributed by atoms with Gasteiger partial charge in [-0.15, -0.1) is 30.6 Å². The third-order valence-corrected chi connectivity index (χ3v) is 6.43. The van der Waals surface area contributed by atoms with E-state index in [-0.39, 0.29) is 36.3 Å². The Hall–Kier alpha value is -0.390. The summed E-state index contributed by atoms with van der Waals surface area (Å²) in [5, 5.41) is 6.66. The van der Waals surface area contributed by atoms with Gasteiger partial charge in [-0.05, 0) is 38.5 Å². The highest BCUT2D eigenvalue weighted by Gasteiger charge is 2.21. The first-order valence-corrected chi connectivity index (χ1v) is 11.5. The first kappa shape index (κ1) is 24.6. The second-order valence-corrected chi connectivity index (χ2v) is 9.16. The zero-order valence-corrected chi connectivity index (χ0v) is 19.6. The lowest BCUT2D eigenvalue weighted by molar-refractivity contribution is 0.225. The molecule has 0 atom stereocenters. The normalized spacial score (nSPS) is 19.8. The number of likely N-dealkylation sites (tertiary alicyclic amines) is 1. The minimum absolute atomic E-state index is 0. The van der Waals surface area contributed by atoms with Crippen molar-refractivity contribution in [3.8, 4) is 0 Å². The molecule has 0 spiro atoms. The largest absolute Gasteiger partial charge is 0.357 e. The minimum Gasteiger partial charge on any atom is -0.357 e. The van der Waals surface area contributed by atoms with E-state index in [1.54, 1.807) is 0 Å². The van der Waals surface area contributed by atoms with Crippen LogP contribution in [0.3, 0.4) is 0 Å². The maximum Gasteiger partial charge on any atom is 0.213 e. The van der Waals surface area contributed by atoms with Crippen LogP contribution in [0, 0.1) is 5.92 Å². The summed E-state index contributed by atoms with van der Waals surface area (Å²) in [6.45, 7) is 10.4. The lowest BCUT2D eigenvalue weighted by Gasteiger charge is -2.32. The number of nitrogens with zero attached hydrogens (tertiary/aromatic N) is 2. The predicted octanol–water partition coefficient (Wildman–Crippen LogP) is 1.53. The first-order chi connectivity index (χ1) is 12.5. The number of halogens is 1. The molecule has 3 N–H and O–H groups in total. The monoisotopic (exact) mass is 513 g/mol.